The predicted octanol–water partition coefficient (Wildman–Crippen LogP) is 4.04. The summed E-state index contributed by atoms with van der Waals surface area (Å²) in [5.41, 5.74) is 0.417. The number of amides is 2. The van der Waals surface area contributed by atoms with Crippen LogP contribution in [-0.2, 0) is 4.79 Å². The summed E-state index contributed by atoms with van der Waals surface area (Å²) >= 11 is 12.0. The van der Waals surface area contributed by atoms with E-state index in [2.05, 4.69) is 10.6 Å². The molecule has 1 unspecified atom stereocenters. The molecule has 2 amide bonds. The van der Waals surface area contributed by atoms with E-state index in [4.69, 9.17) is 27.9 Å². The zero-order valence-corrected chi connectivity index (χ0v) is 15.3. The number of hydrogen-bond acceptors (Lipinski definition) is 3. The minimum atomic E-state index is -0.617. The highest BCUT2D eigenvalue weighted by Gasteiger charge is 2.16. The molecule has 2 aromatic rings. The van der Waals surface area contributed by atoms with Crippen LogP contribution in [0.15, 0.2) is 42.5 Å². The van der Waals surface area contributed by atoms with Crippen LogP contribution in [0.3, 0.4) is 0 Å². The molecule has 0 aliphatic heterocycles. The van der Waals surface area contributed by atoms with E-state index < -0.39 is 6.04 Å². The summed E-state index contributed by atoms with van der Waals surface area (Å²) < 4.78 is 5.66. The molecule has 0 spiro atoms. The monoisotopic (exact) mass is 380 g/mol. The minimum absolute atomic E-state index is 0.230. The van der Waals surface area contributed by atoms with Crippen LogP contribution in [0.5, 0.6) is 11.5 Å². The first-order valence-corrected chi connectivity index (χ1v) is 8.48. The first-order valence-electron chi connectivity index (χ1n) is 7.73. The van der Waals surface area contributed by atoms with Gasteiger partial charge in [-0.05, 0) is 50.2 Å². The molecule has 1 atom stereocenters. The quantitative estimate of drug-likeness (QED) is 0.794. The maximum Gasteiger partial charge on any atom is 0.251 e. The molecule has 0 radical (unpaired) electrons. The molecule has 2 aromatic carbocycles. The summed E-state index contributed by atoms with van der Waals surface area (Å²) in [6.45, 7) is 3.95. The van der Waals surface area contributed by atoms with Gasteiger partial charge in [-0.1, -0.05) is 29.3 Å². The molecule has 0 heterocycles. The third-order valence-electron chi connectivity index (χ3n) is 3.35. The standard InChI is InChI=1S/C18H18Cl2N2O3/c1-3-21-17(23)11(2)22-18(24)12-7-9-13(10-8-12)25-15-6-4-5-14(19)16(15)20/h4-11H,3H2,1-2H3,(H,21,23)(H,22,24). The summed E-state index contributed by atoms with van der Waals surface area (Å²) in [5.74, 6) is 0.367. The second-order valence-electron chi connectivity index (χ2n) is 5.27. The Hall–Kier alpha value is -2.24. The van der Waals surface area contributed by atoms with Crippen LogP contribution in [-0.4, -0.2) is 24.4 Å². The van der Waals surface area contributed by atoms with Gasteiger partial charge in [0.05, 0.1) is 5.02 Å². The zero-order chi connectivity index (χ0) is 18.4. The molecule has 2 rings (SSSR count). The van der Waals surface area contributed by atoms with E-state index in [1.807, 2.05) is 6.92 Å². The number of ether oxygens (including phenoxy) is 1. The van der Waals surface area contributed by atoms with Gasteiger partial charge in [0.2, 0.25) is 5.91 Å². The fourth-order valence-corrected chi connectivity index (χ4v) is 2.37. The van der Waals surface area contributed by atoms with Crippen molar-refractivity contribution >= 4 is 35.0 Å². The van der Waals surface area contributed by atoms with Gasteiger partial charge in [-0.2, -0.15) is 0 Å². The van der Waals surface area contributed by atoms with Gasteiger partial charge < -0.3 is 15.4 Å². The Kier molecular flexibility index (Phi) is 6.67. The second kappa shape index (κ2) is 8.74. The second-order valence-corrected chi connectivity index (χ2v) is 6.05. The van der Waals surface area contributed by atoms with Crippen LogP contribution in [0.2, 0.25) is 10.0 Å². The molecule has 0 bridgehead atoms. The van der Waals surface area contributed by atoms with Gasteiger partial charge in [-0.25, -0.2) is 0 Å². The molecule has 0 saturated heterocycles. The number of rotatable bonds is 6. The molecule has 0 aromatic heterocycles. The summed E-state index contributed by atoms with van der Waals surface area (Å²) in [4.78, 5) is 23.8. The van der Waals surface area contributed by atoms with Crippen molar-refractivity contribution in [3.8, 4) is 11.5 Å². The summed E-state index contributed by atoms with van der Waals surface area (Å²) in [5, 5.41) is 6.01. The lowest BCUT2D eigenvalue weighted by molar-refractivity contribution is -0.122. The molecule has 7 heteroatoms. The van der Waals surface area contributed by atoms with Gasteiger partial charge in [-0.3, -0.25) is 9.59 Å². The number of likely N-dealkylation sites (N-methyl/N-ethyl adjacent to an activating group) is 1. The van der Waals surface area contributed by atoms with E-state index in [1.165, 1.54) is 0 Å². The average Bonchev–Trinajstić information content (AvgIpc) is 2.59. The van der Waals surface area contributed by atoms with Gasteiger partial charge in [0.1, 0.15) is 22.6 Å². The van der Waals surface area contributed by atoms with Crippen molar-refractivity contribution < 1.29 is 14.3 Å². The van der Waals surface area contributed by atoms with Gasteiger partial charge in [0.25, 0.3) is 5.91 Å². The lowest BCUT2D eigenvalue weighted by Crippen LogP contribution is -2.44. The fourth-order valence-electron chi connectivity index (χ4n) is 2.04. The van der Waals surface area contributed by atoms with E-state index >= 15 is 0 Å². The Labute approximate surface area is 156 Å². The molecule has 2 N–H and O–H groups in total. The topological polar surface area (TPSA) is 67.4 Å². The highest BCUT2D eigenvalue weighted by molar-refractivity contribution is 6.42. The highest BCUT2D eigenvalue weighted by Crippen LogP contribution is 2.34. The van der Waals surface area contributed by atoms with E-state index in [0.29, 0.717) is 33.7 Å². The molecular formula is C18H18Cl2N2O3. The average molecular weight is 381 g/mol. The predicted molar refractivity (Wildman–Crippen MR) is 98.6 cm³/mol. The number of carbonyl (C=O) groups excluding carboxylic acids is 2. The van der Waals surface area contributed by atoms with E-state index in [-0.39, 0.29) is 11.8 Å². The maximum absolute atomic E-state index is 12.2. The van der Waals surface area contributed by atoms with E-state index in [9.17, 15) is 9.59 Å². The number of benzene rings is 2. The maximum atomic E-state index is 12.2. The SMILES string of the molecule is CCNC(=O)C(C)NC(=O)c1ccc(Oc2cccc(Cl)c2Cl)cc1. The van der Waals surface area contributed by atoms with Crippen molar-refractivity contribution in [3.63, 3.8) is 0 Å². The Bertz CT molecular complexity index is 763. The smallest absolute Gasteiger partial charge is 0.251 e. The first kappa shape index (κ1) is 19.1. The van der Waals surface area contributed by atoms with Crippen LogP contribution in [0.25, 0.3) is 0 Å². The molecule has 132 valence electrons. The molecule has 0 fully saturated rings. The van der Waals surface area contributed by atoms with Crippen molar-refractivity contribution in [3.05, 3.63) is 58.1 Å². The third-order valence-corrected chi connectivity index (χ3v) is 4.15. The van der Waals surface area contributed by atoms with Crippen LogP contribution < -0.4 is 15.4 Å². The Balaban J connectivity index is 2.03. The van der Waals surface area contributed by atoms with Gasteiger partial charge in [0, 0.05) is 12.1 Å². The van der Waals surface area contributed by atoms with Crippen LogP contribution in [0.1, 0.15) is 24.2 Å². The largest absolute Gasteiger partial charge is 0.456 e. The third kappa shape index (κ3) is 5.11. The van der Waals surface area contributed by atoms with Crippen LogP contribution in [0.4, 0.5) is 0 Å². The van der Waals surface area contributed by atoms with E-state index in [0.717, 1.165) is 0 Å². The summed E-state index contributed by atoms with van der Waals surface area (Å²) in [6, 6.07) is 11.0. The molecule has 0 saturated carbocycles. The number of nitrogens with one attached hydrogen (secondary N) is 2. The Morgan fingerprint density at radius 2 is 1.80 bits per heavy atom. The van der Waals surface area contributed by atoms with Crippen molar-refractivity contribution in [2.24, 2.45) is 0 Å². The van der Waals surface area contributed by atoms with Gasteiger partial charge >= 0.3 is 0 Å². The van der Waals surface area contributed by atoms with Gasteiger partial charge in [0.15, 0.2) is 0 Å². The lowest BCUT2D eigenvalue weighted by Gasteiger charge is -2.13. The molecule has 5 nitrogen and oxygen atoms in total. The van der Waals surface area contributed by atoms with Crippen molar-refractivity contribution in [1.82, 2.24) is 10.6 Å². The molecular weight excluding hydrogens is 363 g/mol. The Morgan fingerprint density at radius 3 is 2.44 bits per heavy atom. The number of hydrogen-bond donors (Lipinski definition) is 2. The van der Waals surface area contributed by atoms with Crippen molar-refractivity contribution in [2.75, 3.05) is 6.54 Å². The van der Waals surface area contributed by atoms with Crippen LogP contribution >= 0.6 is 23.2 Å². The van der Waals surface area contributed by atoms with Gasteiger partial charge in [-0.15, -0.1) is 0 Å². The fraction of sp³-hybridized carbons (Fsp3) is 0.222. The lowest BCUT2D eigenvalue weighted by atomic mass is 10.2. The number of carbonyl (C=O) groups is 2. The normalized spacial score (nSPS) is 11.5. The highest BCUT2D eigenvalue weighted by atomic mass is 35.5. The van der Waals surface area contributed by atoms with Crippen molar-refractivity contribution in [2.45, 2.75) is 19.9 Å². The van der Waals surface area contributed by atoms with Crippen LogP contribution in [0, 0.1) is 0 Å². The molecule has 25 heavy (non-hydrogen) atoms. The van der Waals surface area contributed by atoms with Crippen molar-refractivity contribution in [1.29, 1.82) is 0 Å². The summed E-state index contributed by atoms with van der Waals surface area (Å²) in [7, 11) is 0. The zero-order valence-electron chi connectivity index (χ0n) is 13.8. The molecule has 0 aliphatic carbocycles. The minimum Gasteiger partial charge on any atom is -0.456 e. The Morgan fingerprint density at radius 1 is 1.12 bits per heavy atom. The molecule has 0 aliphatic rings. The first-order chi connectivity index (χ1) is 11.9. The summed E-state index contributed by atoms with van der Waals surface area (Å²) in [6.07, 6.45) is 0. The van der Waals surface area contributed by atoms with E-state index in [1.54, 1.807) is 49.4 Å². The number of halogens is 2.